The van der Waals surface area contributed by atoms with Gasteiger partial charge in [0.2, 0.25) is 5.89 Å². The number of aromatic nitrogens is 2. The Labute approximate surface area is 155 Å². The Morgan fingerprint density at radius 3 is 2.46 bits per heavy atom. The molecule has 9 heteroatoms. The first kappa shape index (κ1) is 20.5. The average molecular weight is 391 g/mol. The highest BCUT2D eigenvalue weighted by Crippen LogP contribution is 2.35. The summed E-state index contributed by atoms with van der Waals surface area (Å²) in [6.07, 6.45) is -3.84. The molecule has 2 aromatic rings. The van der Waals surface area contributed by atoms with E-state index < -0.39 is 11.7 Å². The number of halogens is 4. The van der Waals surface area contributed by atoms with Crippen LogP contribution in [0.25, 0.3) is 0 Å². The molecule has 2 unspecified atom stereocenters. The first-order valence-electron chi connectivity index (χ1n) is 8.24. The number of rotatable bonds is 7. The van der Waals surface area contributed by atoms with Gasteiger partial charge in [-0.25, -0.2) is 0 Å². The van der Waals surface area contributed by atoms with Gasteiger partial charge in [-0.2, -0.15) is 18.2 Å². The molecule has 26 heavy (non-hydrogen) atoms. The Bertz CT molecular complexity index is 733. The fourth-order valence-electron chi connectivity index (χ4n) is 2.34. The lowest BCUT2D eigenvalue weighted by molar-refractivity contribution is -0.137. The first-order valence-corrected chi connectivity index (χ1v) is 8.62. The molecule has 0 aliphatic rings. The highest BCUT2D eigenvalue weighted by Gasteiger charge is 2.31. The molecule has 0 saturated carbocycles. The topological polar surface area (TPSA) is 63.0 Å². The molecular weight excluding hydrogens is 369 g/mol. The molecule has 0 saturated heterocycles. The van der Waals surface area contributed by atoms with Crippen molar-refractivity contribution in [1.29, 1.82) is 0 Å². The first-order chi connectivity index (χ1) is 12.1. The fourth-order valence-corrected chi connectivity index (χ4v) is 2.58. The van der Waals surface area contributed by atoms with Crippen LogP contribution in [0.2, 0.25) is 5.02 Å². The summed E-state index contributed by atoms with van der Waals surface area (Å²) in [6.45, 7) is 5.88. The van der Waals surface area contributed by atoms with Crippen molar-refractivity contribution in [1.82, 2.24) is 15.5 Å². The summed E-state index contributed by atoms with van der Waals surface area (Å²) >= 11 is 6.03. The van der Waals surface area contributed by atoms with E-state index in [0.29, 0.717) is 23.8 Å². The molecule has 0 fully saturated rings. The van der Waals surface area contributed by atoms with E-state index in [2.05, 4.69) is 20.8 Å². The van der Waals surface area contributed by atoms with E-state index in [4.69, 9.17) is 16.1 Å². The number of hydrogen-bond acceptors (Lipinski definition) is 5. The van der Waals surface area contributed by atoms with E-state index in [0.717, 1.165) is 12.1 Å². The summed E-state index contributed by atoms with van der Waals surface area (Å²) in [6, 6.07) is 3.00. The molecule has 0 spiro atoms. The number of nitrogens with zero attached hydrogens (tertiary/aromatic N) is 2. The number of anilines is 1. The lowest BCUT2D eigenvalue weighted by atomic mass is 10.0. The largest absolute Gasteiger partial charge is 0.416 e. The number of benzene rings is 1. The quantitative estimate of drug-likeness (QED) is 0.717. The monoisotopic (exact) mass is 390 g/mol. The maximum absolute atomic E-state index is 12.8. The van der Waals surface area contributed by atoms with Gasteiger partial charge in [-0.1, -0.05) is 30.6 Å². The van der Waals surface area contributed by atoms with Crippen molar-refractivity contribution in [2.45, 2.75) is 45.5 Å². The van der Waals surface area contributed by atoms with Crippen molar-refractivity contribution in [3.05, 3.63) is 40.5 Å². The Balaban J connectivity index is 2.21. The minimum atomic E-state index is -4.44. The number of likely N-dealkylation sites (N-methyl/N-ethyl adjacent to an activating group) is 1. The van der Waals surface area contributed by atoms with E-state index in [1.54, 1.807) is 0 Å². The molecule has 0 amide bonds. The Morgan fingerprint density at radius 1 is 1.23 bits per heavy atom. The van der Waals surface area contributed by atoms with E-state index in [-0.39, 0.29) is 23.0 Å². The number of hydrogen-bond donors (Lipinski definition) is 2. The van der Waals surface area contributed by atoms with E-state index in [1.807, 2.05) is 27.8 Å². The van der Waals surface area contributed by atoms with Gasteiger partial charge in [-0.15, -0.1) is 0 Å². The number of nitrogens with one attached hydrogen (secondary N) is 2. The summed E-state index contributed by atoms with van der Waals surface area (Å²) < 4.78 is 43.7. The summed E-state index contributed by atoms with van der Waals surface area (Å²) in [4.78, 5) is 4.40. The zero-order valence-electron chi connectivity index (χ0n) is 15.0. The molecule has 0 aliphatic heterocycles. The highest BCUT2D eigenvalue weighted by molar-refractivity contribution is 6.33. The van der Waals surface area contributed by atoms with E-state index >= 15 is 0 Å². The maximum atomic E-state index is 12.8. The second kappa shape index (κ2) is 8.26. The molecule has 1 aromatic heterocycles. The predicted octanol–water partition coefficient (Wildman–Crippen LogP) is 4.70. The average Bonchev–Trinajstić information content (AvgIpc) is 3.00. The SMILES string of the molecule is CNC(C)Cc1noc(C(Nc2ccc(C(F)(F)F)cc2Cl)C(C)C)n1. The molecule has 0 bridgehead atoms. The van der Waals surface area contributed by atoms with Crippen LogP contribution < -0.4 is 10.6 Å². The molecule has 1 heterocycles. The van der Waals surface area contributed by atoms with Crippen LogP contribution >= 0.6 is 11.6 Å². The molecule has 1 aromatic carbocycles. The Morgan fingerprint density at radius 2 is 1.92 bits per heavy atom. The third-order valence-corrected chi connectivity index (χ3v) is 4.32. The van der Waals surface area contributed by atoms with Crippen LogP contribution in [0, 0.1) is 5.92 Å². The van der Waals surface area contributed by atoms with Crippen LogP contribution in [-0.2, 0) is 12.6 Å². The third-order valence-electron chi connectivity index (χ3n) is 4.01. The van der Waals surface area contributed by atoms with Crippen molar-refractivity contribution in [2.75, 3.05) is 12.4 Å². The van der Waals surface area contributed by atoms with Crippen molar-refractivity contribution in [3.8, 4) is 0 Å². The van der Waals surface area contributed by atoms with Crippen LogP contribution in [0.15, 0.2) is 22.7 Å². The number of alkyl halides is 3. The summed E-state index contributed by atoms with van der Waals surface area (Å²) in [7, 11) is 1.84. The molecule has 144 valence electrons. The van der Waals surface area contributed by atoms with Crippen LogP contribution in [0.1, 0.15) is 44.1 Å². The zero-order chi connectivity index (χ0) is 19.5. The van der Waals surface area contributed by atoms with Crippen molar-refractivity contribution < 1.29 is 17.7 Å². The molecule has 0 radical (unpaired) electrons. The van der Waals surface area contributed by atoms with Gasteiger partial charge < -0.3 is 15.2 Å². The van der Waals surface area contributed by atoms with Gasteiger partial charge in [0.15, 0.2) is 5.82 Å². The smallest absolute Gasteiger partial charge is 0.372 e. The Hall–Kier alpha value is -1.80. The van der Waals surface area contributed by atoms with Gasteiger partial charge in [-0.05, 0) is 38.1 Å². The highest BCUT2D eigenvalue weighted by atomic mass is 35.5. The molecule has 2 N–H and O–H groups in total. The predicted molar refractivity (Wildman–Crippen MR) is 94.2 cm³/mol. The van der Waals surface area contributed by atoms with Crippen LogP contribution in [-0.4, -0.2) is 23.2 Å². The van der Waals surface area contributed by atoms with Crippen molar-refractivity contribution in [2.24, 2.45) is 5.92 Å². The second-order valence-electron chi connectivity index (χ2n) is 6.50. The molecule has 0 aliphatic carbocycles. The standard InChI is InChI=1S/C17H22ClF3N4O/c1-9(2)15(16-24-14(25-26-16)7-10(3)22-4)23-13-6-5-11(8-12(13)18)17(19,20)21/h5-6,8-10,15,22-23H,7H2,1-4H3. The minimum Gasteiger partial charge on any atom is -0.372 e. The second-order valence-corrected chi connectivity index (χ2v) is 6.91. The van der Waals surface area contributed by atoms with Crippen LogP contribution in [0.4, 0.5) is 18.9 Å². The molecule has 2 atom stereocenters. The molecule has 5 nitrogen and oxygen atoms in total. The summed E-state index contributed by atoms with van der Waals surface area (Å²) in [5, 5.41) is 10.2. The summed E-state index contributed by atoms with van der Waals surface area (Å²) in [5.74, 6) is 0.977. The maximum Gasteiger partial charge on any atom is 0.416 e. The normalized spacial score (nSPS) is 14.5. The van der Waals surface area contributed by atoms with Gasteiger partial charge in [-0.3, -0.25) is 0 Å². The van der Waals surface area contributed by atoms with Gasteiger partial charge >= 0.3 is 6.18 Å². The zero-order valence-corrected chi connectivity index (χ0v) is 15.7. The van der Waals surface area contributed by atoms with Crippen LogP contribution in [0.3, 0.4) is 0 Å². The molecular formula is C17H22ClF3N4O. The van der Waals surface area contributed by atoms with Gasteiger partial charge in [0.05, 0.1) is 16.3 Å². The summed E-state index contributed by atoms with van der Waals surface area (Å²) in [5.41, 5.74) is -0.419. The van der Waals surface area contributed by atoms with Crippen molar-refractivity contribution >= 4 is 17.3 Å². The lowest BCUT2D eigenvalue weighted by Crippen LogP contribution is -2.24. The Kier molecular flexibility index (Phi) is 6.52. The fraction of sp³-hybridized carbons (Fsp3) is 0.529. The van der Waals surface area contributed by atoms with E-state index in [9.17, 15) is 13.2 Å². The lowest BCUT2D eigenvalue weighted by Gasteiger charge is -2.21. The van der Waals surface area contributed by atoms with Crippen LogP contribution in [0.5, 0.6) is 0 Å². The van der Waals surface area contributed by atoms with Gasteiger partial charge in [0.25, 0.3) is 0 Å². The van der Waals surface area contributed by atoms with Crippen molar-refractivity contribution in [3.63, 3.8) is 0 Å². The van der Waals surface area contributed by atoms with Gasteiger partial charge in [0.1, 0.15) is 6.04 Å². The third kappa shape index (κ3) is 5.11. The van der Waals surface area contributed by atoms with Gasteiger partial charge in [0, 0.05) is 12.5 Å². The van der Waals surface area contributed by atoms with E-state index in [1.165, 1.54) is 6.07 Å². The minimum absolute atomic E-state index is 0.0194. The molecule has 2 rings (SSSR count).